The van der Waals surface area contributed by atoms with Gasteiger partial charge < -0.3 is 15.1 Å². The Morgan fingerprint density at radius 1 is 1.38 bits per heavy atom. The number of piperidine rings is 1. The smallest absolute Gasteiger partial charge is 0.289 e. The highest BCUT2D eigenvalue weighted by Crippen LogP contribution is 2.21. The van der Waals surface area contributed by atoms with Crippen LogP contribution in [0.1, 0.15) is 35.5 Å². The first kappa shape index (κ1) is 18.5. The molecular formula is C18H24ClN3O2. The van der Waals surface area contributed by atoms with E-state index in [0.29, 0.717) is 29.8 Å². The zero-order chi connectivity index (χ0) is 16.1. The first-order chi connectivity index (χ1) is 11.2. The fourth-order valence-electron chi connectivity index (χ4n) is 2.95. The van der Waals surface area contributed by atoms with Gasteiger partial charge in [-0.3, -0.25) is 4.79 Å². The molecule has 0 spiro atoms. The van der Waals surface area contributed by atoms with Crippen LogP contribution in [0.3, 0.4) is 0 Å². The monoisotopic (exact) mass is 349 g/mol. The highest BCUT2D eigenvalue weighted by atomic mass is 35.5. The maximum atomic E-state index is 12.3. The molecular weight excluding hydrogens is 326 g/mol. The molecule has 1 aliphatic heterocycles. The zero-order valence-corrected chi connectivity index (χ0v) is 14.7. The van der Waals surface area contributed by atoms with Gasteiger partial charge >= 0.3 is 0 Å². The van der Waals surface area contributed by atoms with E-state index in [4.69, 9.17) is 4.42 Å². The second-order valence-corrected chi connectivity index (χ2v) is 6.06. The SMILES string of the molecule is Cc1nc(-c2ccccc2)oc1C(=O)NCCC1CCCNC1.Cl. The maximum absolute atomic E-state index is 12.3. The van der Waals surface area contributed by atoms with Crippen molar-refractivity contribution in [3.8, 4) is 11.5 Å². The van der Waals surface area contributed by atoms with Crippen LogP contribution in [0.25, 0.3) is 11.5 Å². The number of oxazole rings is 1. The van der Waals surface area contributed by atoms with Gasteiger partial charge in [0.1, 0.15) is 0 Å². The number of hydrogen-bond donors (Lipinski definition) is 2. The molecule has 1 aliphatic rings. The first-order valence-electron chi connectivity index (χ1n) is 8.26. The largest absolute Gasteiger partial charge is 0.431 e. The lowest BCUT2D eigenvalue weighted by Gasteiger charge is -2.22. The molecule has 1 atom stereocenters. The van der Waals surface area contributed by atoms with E-state index < -0.39 is 0 Å². The topological polar surface area (TPSA) is 67.2 Å². The molecule has 3 rings (SSSR count). The number of nitrogens with zero attached hydrogens (tertiary/aromatic N) is 1. The second-order valence-electron chi connectivity index (χ2n) is 6.06. The fourth-order valence-corrected chi connectivity index (χ4v) is 2.95. The van der Waals surface area contributed by atoms with Crippen molar-refractivity contribution >= 4 is 18.3 Å². The quantitative estimate of drug-likeness (QED) is 0.870. The molecule has 0 saturated carbocycles. The van der Waals surface area contributed by atoms with Crippen molar-refractivity contribution < 1.29 is 9.21 Å². The lowest BCUT2D eigenvalue weighted by atomic mass is 9.96. The summed E-state index contributed by atoms with van der Waals surface area (Å²) < 4.78 is 5.67. The van der Waals surface area contributed by atoms with Crippen LogP contribution in [0.15, 0.2) is 34.7 Å². The number of amides is 1. The molecule has 1 aromatic heterocycles. The summed E-state index contributed by atoms with van der Waals surface area (Å²) in [5, 5.41) is 6.35. The average Bonchev–Trinajstić information content (AvgIpc) is 2.98. The van der Waals surface area contributed by atoms with Gasteiger partial charge in [-0.1, -0.05) is 18.2 Å². The van der Waals surface area contributed by atoms with Gasteiger partial charge in [0.15, 0.2) is 0 Å². The van der Waals surface area contributed by atoms with E-state index in [-0.39, 0.29) is 18.3 Å². The molecule has 0 aliphatic carbocycles. The van der Waals surface area contributed by atoms with Crippen LogP contribution in [0.5, 0.6) is 0 Å². The van der Waals surface area contributed by atoms with Crippen LogP contribution < -0.4 is 10.6 Å². The molecule has 24 heavy (non-hydrogen) atoms. The van der Waals surface area contributed by atoms with E-state index in [0.717, 1.165) is 25.1 Å². The van der Waals surface area contributed by atoms with Crippen LogP contribution >= 0.6 is 12.4 Å². The first-order valence-corrected chi connectivity index (χ1v) is 8.26. The normalized spacial score (nSPS) is 17.1. The number of benzene rings is 1. The maximum Gasteiger partial charge on any atom is 0.289 e. The Balaban J connectivity index is 0.00000208. The predicted octanol–water partition coefficient (Wildman–Crippen LogP) is 3.19. The average molecular weight is 350 g/mol. The van der Waals surface area contributed by atoms with Crippen molar-refractivity contribution in [3.05, 3.63) is 41.8 Å². The van der Waals surface area contributed by atoms with Gasteiger partial charge in [-0.15, -0.1) is 12.4 Å². The standard InChI is InChI=1S/C18H23N3O2.ClH/c1-13-16(23-18(21-13)15-7-3-2-4-8-15)17(22)20-11-9-14-6-5-10-19-12-14;/h2-4,7-8,14,19H,5-6,9-12H2,1H3,(H,20,22);1H. The summed E-state index contributed by atoms with van der Waals surface area (Å²) in [4.78, 5) is 16.7. The van der Waals surface area contributed by atoms with E-state index in [1.807, 2.05) is 30.3 Å². The van der Waals surface area contributed by atoms with E-state index in [1.165, 1.54) is 12.8 Å². The minimum absolute atomic E-state index is 0. The lowest BCUT2D eigenvalue weighted by molar-refractivity contribution is 0.0923. The third-order valence-electron chi connectivity index (χ3n) is 4.26. The molecule has 2 heterocycles. The van der Waals surface area contributed by atoms with Crippen LogP contribution in [0.2, 0.25) is 0 Å². The Hall–Kier alpha value is -1.85. The van der Waals surface area contributed by atoms with Gasteiger partial charge in [0.25, 0.3) is 5.91 Å². The Morgan fingerprint density at radius 2 is 2.17 bits per heavy atom. The van der Waals surface area contributed by atoms with Crippen molar-refractivity contribution in [1.29, 1.82) is 0 Å². The summed E-state index contributed by atoms with van der Waals surface area (Å²) in [5.74, 6) is 1.27. The minimum Gasteiger partial charge on any atom is -0.431 e. The molecule has 1 saturated heterocycles. The van der Waals surface area contributed by atoms with E-state index in [2.05, 4.69) is 15.6 Å². The number of aryl methyl sites for hydroxylation is 1. The van der Waals surface area contributed by atoms with E-state index in [9.17, 15) is 4.79 Å². The van der Waals surface area contributed by atoms with Crippen molar-refractivity contribution in [1.82, 2.24) is 15.6 Å². The molecule has 0 radical (unpaired) electrons. The van der Waals surface area contributed by atoms with Crippen LogP contribution in [0, 0.1) is 12.8 Å². The number of hydrogen-bond acceptors (Lipinski definition) is 4. The third kappa shape index (κ3) is 4.58. The summed E-state index contributed by atoms with van der Waals surface area (Å²) in [6.07, 6.45) is 3.46. The van der Waals surface area contributed by atoms with Crippen molar-refractivity contribution in [2.24, 2.45) is 5.92 Å². The van der Waals surface area contributed by atoms with Crippen LogP contribution in [-0.4, -0.2) is 30.5 Å². The molecule has 1 unspecified atom stereocenters. The molecule has 130 valence electrons. The molecule has 0 bridgehead atoms. The minimum atomic E-state index is -0.180. The number of halogens is 1. The van der Waals surface area contributed by atoms with Gasteiger partial charge in [-0.2, -0.15) is 0 Å². The van der Waals surface area contributed by atoms with Gasteiger partial charge in [0, 0.05) is 12.1 Å². The lowest BCUT2D eigenvalue weighted by Crippen LogP contribution is -2.33. The summed E-state index contributed by atoms with van der Waals surface area (Å²) in [7, 11) is 0. The Bertz CT molecular complexity index is 652. The van der Waals surface area contributed by atoms with E-state index in [1.54, 1.807) is 6.92 Å². The molecule has 5 nitrogen and oxygen atoms in total. The molecule has 2 aromatic rings. The summed E-state index contributed by atoms with van der Waals surface area (Å²) in [6, 6.07) is 9.62. The van der Waals surface area contributed by atoms with E-state index >= 15 is 0 Å². The van der Waals surface area contributed by atoms with Crippen molar-refractivity contribution in [2.75, 3.05) is 19.6 Å². The van der Waals surface area contributed by atoms with Gasteiger partial charge in [-0.25, -0.2) is 4.98 Å². The number of aromatic nitrogens is 1. The number of carbonyl (C=O) groups is 1. The van der Waals surface area contributed by atoms with Crippen molar-refractivity contribution in [3.63, 3.8) is 0 Å². The zero-order valence-electron chi connectivity index (χ0n) is 13.9. The Labute approximate surface area is 148 Å². The predicted molar refractivity (Wildman–Crippen MR) is 96.5 cm³/mol. The number of nitrogens with one attached hydrogen (secondary N) is 2. The van der Waals surface area contributed by atoms with Gasteiger partial charge in [0.05, 0.1) is 5.69 Å². The Morgan fingerprint density at radius 3 is 2.88 bits per heavy atom. The molecule has 1 aromatic carbocycles. The highest BCUT2D eigenvalue weighted by molar-refractivity contribution is 5.92. The van der Waals surface area contributed by atoms with Crippen molar-refractivity contribution in [2.45, 2.75) is 26.2 Å². The number of rotatable bonds is 5. The molecule has 6 heteroatoms. The summed E-state index contributed by atoms with van der Waals surface area (Å²) in [6.45, 7) is 4.64. The molecule has 2 N–H and O–H groups in total. The molecule has 1 fully saturated rings. The highest BCUT2D eigenvalue weighted by Gasteiger charge is 2.19. The summed E-state index contributed by atoms with van der Waals surface area (Å²) >= 11 is 0. The second kappa shape index (κ2) is 8.85. The van der Waals surface area contributed by atoms with Gasteiger partial charge in [-0.05, 0) is 57.3 Å². The third-order valence-corrected chi connectivity index (χ3v) is 4.26. The number of carbonyl (C=O) groups excluding carboxylic acids is 1. The van der Waals surface area contributed by atoms with Crippen LogP contribution in [-0.2, 0) is 0 Å². The summed E-state index contributed by atoms with van der Waals surface area (Å²) in [5.41, 5.74) is 1.50. The molecule has 1 amide bonds. The Kier molecular flexibility index (Phi) is 6.82. The van der Waals surface area contributed by atoms with Crippen LogP contribution in [0.4, 0.5) is 0 Å². The fraction of sp³-hybridized carbons (Fsp3) is 0.444. The van der Waals surface area contributed by atoms with Gasteiger partial charge in [0.2, 0.25) is 11.7 Å².